The van der Waals surface area contributed by atoms with E-state index < -0.39 is 0 Å². The standard InChI is InChI=1S/C18H26N2O/c21-18(20-12-5-2-6-13-20)17-10-7-11-19(15-17)14-16-8-3-1-4-9-16/h1,3-4,8-9,17H,2,5-7,10-15H2/t17-/m1/s1. The first kappa shape index (κ1) is 14.6. The van der Waals surface area contributed by atoms with E-state index in [1.165, 1.54) is 24.8 Å². The van der Waals surface area contributed by atoms with Crippen molar-refractivity contribution in [1.29, 1.82) is 0 Å². The summed E-state index contributed by atoms with van der Waals surface area (Å²) in [5.74, 6) is 0.632. The highest BCUT2D eigenvalue weighted by Gasteiger charge is 2.29. The summed E-state index contributed by atoms with van der Waals surface area (Å²) in [6.45, 7) is 5.00. The van der Waals surface area contributed by atoms with Gasteiger partial charge in [0.05, 0.1) is 5.92 Å². The number of rotatable bonds is 3. The number of benzene rings is 1. The van der Waals surface area contributed by atoms with Crippen molar-refractivity contribution < 1.29 is 4.79 Å². The molecular formula is C18H26N2O. The molecule has 2 saturated heterocycles. The molecule has 2 fully saturated rings. The fourth-order valence-corrected chi connectivity index (χ4v) is 3.61. The van der Waals surface area contributed by atoms with Crippen molar-refractivity contribution in [2.24, 2.45) is 5.92 Å². The largest absolute Gasteiger partial charge is 0.342 e. The molecule has 0 aromatic heterocycles. The van der Waals surface area contributed by atoms with Crippen molar-refractivity contribution in [2.75, 3.05) is 26.2 Å². The van der Waals surface area contributed by atoms with Gasteiger partial charge >= 0.3 is 0 Å². The second-order valence-corrected chi connectivity index (χ2v) is 6.45. The predicted molar refractivity (Wildman–Crippen MR) is 84.9 cm³/mol. The van der Waals surface area contributed by atoms with Crippen LogP contribution in [0.4, 0.5) is 0 Å². The average Bonchev–Trinajstić information content (AvgIpc) is 2.56. The predicted octanol–water partition coefficient (Wildman–Crippen LogP) is 2.91. The maximum absolute atomic E-state index is 12.7. The fourth-order valence-electron chi connectivity index (χ4n) is 3.61. The van der Waals surface area contributed by atoms with Crippen molar-refractivity contribution in [3.63, 3.8) is 0 Å². The molecule has 3 nitrogen and oxygen atoms in total. The molecule has 0 aliphatic carbocycles. The van der Waals surface area contributed by atoms with E-state index in [-0.39, 0.29) is 5.92 Å². The summed E-state index contributed by atoms with van der Waals surface area (Å²) in [6.07, 6.45) is 5.88. The molecule has 0 N–H and O–H groups in total. The molecule has 0 spiro atoms. The second-order valence-electron chi connectivity index (χ2n) is 6.45. The number of carbonyl (C=O) groups is 1. The number of amides is 1. The van der Waals surface area contributed by atoms with Crippen molar-refractivity contribution >= 4 is 5.91 Å². The fraction of sp³-hybridized carbons (Fsp3) is 0.611. The molecule has 21 heavy (non-hydrogen) atoms. The first-order valence-electron chi connectivity index (χ1n) is 8.38. The Labute approximate surface area is 127 Å². The van der Waals surface area contributed by atoms with E-state index in [4.69, 9.17) is 0 Å². The van der Waals surface area contributed by atoms with Gasteiger partial charge in [0.1, 0.15) is 0 Å². The second kappa shape index (κ2) is 7.08. The lowest BCUT2D eigenvalue weighted by molar-refractivity contribution is -0.138. The molecule has 2 heterocycles. The molecule has 0 radical (unpaired) electrons. The number of hydrogen-bond donors (Lipinski definition) is 0. The Balaban J connectivity index is 1.56. The van der Waals surface area contributed by atoms with Gasteiger partial charge < -0.3 is 4.90 Å². The van der Waals surface area contributed by atoms with Crippen LogP contribution in [-0.4, -0.2) is 41.9 Å². The lowest BCUT2D eigenvalue weighted by Gasteiger charge is -2.36. The highest BCUT2D eigenvalue weighted by molar-refractivity contribution is 5.79. The Morgan fingerprint density at radius 2 is 1.76 bits per heavy atom. The molecule has 0 unspecified atom stereocenters. The zero-order chi connectivity index (χ0) is 14.5. The molecule has 1 aromatic carbocycles. The van der Waals surface area contributed by atoms with Crippen LogP contribution in [0, 0.1) is 5.92 Å². The highest BCUT2D eigenvalue weighted by atomic mass is 16.2. The summed E-state index contributed by atoms with van der Waals surface area (Å²) < 4.78 is 0. The maximum atomic E-state index is 12.7. The molecule has 3 heteroatoms. The molecule has 1 atom stereocenters. The van der Waals surface area contributed by atoms with Gasteiger partial charge in [0.2, 0.25) is 5.91 Å². The van der Waals surface area contributed by atoms with Gasteiger partial charge in [-0.3, -0.25) is 9.69 Å². The molecule has 1 aromatic rings. The Hall–Kier alpha value is -1.35. The summed E-state index contributed by atoms with van der Waals surface area (Å²) in [5, 5.41) is 0. The first-order chi connectivity index (χ1) is 10.3. The minimum Gasteiger partial charge on any atom is -0.342 e. The number of hydrogen-bond acceptors (Lipinski definition) is 2. The summed E-state index contributed by atoms with van der Waals surface area (Å²) >= 11 is 0. The number of carbonyl (C=O) groups excluding carboxylic acids is 1. The third-order valence-electron chi connectivity index (χ3n) is 4.77. The van der Waals surface area contributed by atoms with Gasteiger partial charge in [0.25, 0.3) is 0 Å². The number of piperidine rings is 2. The quantitative estimate of drug-likeness (QED) is 0.853. The van der Waals surface area contributed by atoms with Crippen molar-refractivity contribution in [2.45, 2.75) is 38.6 Å². The van der Waals surface area contributed by atoms with Crippen LogP contribution in [0.1, 0.15) is 37.7 Å². The van der Waals surface area contributed by atoms with E-state index in [1.54, 1.807) is 0 Å². The van der Waals surface area contributed by atoms with Crippen LogP contribution in [0.5, 0.6) is 0 Å². The van der Waals surface area contributed by atoms with Crippen LogP contribution in [0.3, 0.4) is 0 Å². The van der Waals surface area contributed by atoms with Gasteiger partial charge in [-0.2, -0.15) is 0 Å². The van der Waals surface area contributed by atoms with Crippen LogP contribution in [0.25, 0.3) is 0 Å². The van der Waals surface area contributed by atoms with Gasteiger partial charge in [-0.15, -0.1) is 0 Å². The normalized spacial score (nSPS) is 24.0. The molecular weight excluding hydrogens is 260 g/mol. The van der Waals surface area contributed by atoms with Gasteiger partial charge in [-0.25, -0.2) is 0 Å². The van der Waals surface area contributed by atoms with Crippen LogP contribution in [0.15, 0.2) is 30.3 Å². The van der Waals surface area contributed by atoms with Crippen molar-refractivity contribution in [1.82, 2.24) is 9.80 Å². The van der Waals surface area contributed by atoms with Gasteiger partial charge in [0.15, 0.2) is 0 Å². The smallest absolute Gasteiger partial charge is 0.226 e. The highest BCUT2D eigenvalue weighted by Crippen LogP contribution is 2.22. The molecule has 0 bridgehead atoms. The molecule has 1 amide bonds. The molecule has 3 rings (SSSR count). The van der Waals surface area contributed by atoms with Crippen LogP contribution in [-0.2, 0) is 11.3 Å². The average molecular weight is 286 g/mol. The monoisotopic (exact) mass is 286 g/mol. The number of likely N-dealkylation sites (tertiary alicyclic amines) is 2. The Morgan fingerprint density at radius 1 is 1.00 bits per heavy atom. The third kappa shape index (κ3) is 3.85. The van der Waals surface area contributed by atoms with Crippen LogP contribution >= 0.6 is 0 Å². The van der Waals surface area contributed by atoms with Gasteiger partial charge in [-0.1, -0.05) is 30.3 Å². The molecule has 0 saturated carbocycles. The van der Waals surface area contributed by atoms with Crippen molar-refractivity contribution in [3.05, 3.63) is 35.9 Å². The van der Waals surface area contributed by atoms with Crippen molar-refractivity contribution in [3.8, 4) is 0 Å². The SMILES string of the molecule is O=C([C@@H]1CCCN(Cc2ccccc2)C1)N1CCCCC1. The molecule has 2 aliphatic heterocycles. The summed E-state index contributed by atoms with van der Waals surface area (Å²) in [5.41, 5.74) is 1.35. The zero-order valence-electron chi connectivity index (χ0n) is 12.8. The Morgan fingerprint density at radius 3 is 2.52 bits per heavy atom. The van der Waals surface area contributed by atoms with E-state index in [1.807, 2.05) is 0 Å². The Bertz CT molecular complexity index is 454. The van der Waals surface area contributed by atoms with E-state index in [2.05, 4.69) is 40.1 Å². The first-order valence-corrected chi connectivity index (χ1v) is 8.38. The molecule has 114 valence electrons. The Kier molecular flexibility index (Phi) is 4.91. The van der Waals surface area contributed by atoms with E-state index >= 15 is 0 Å². The molecule has 2 aliphatic rings. The summed E-state index contributed by atoms with van der Waals surface area (Å²) in [7, 11) is 0. The number of nitrogens with zero attached hydrogens (tertiary/aromatic N) is 2. The van der Waals surface area contributed by atoms with E-state index in [9.17, 15) is 4.79 Å². The maximum Gasteiger partial charge on any atom is 0.226 e. The zero-order valence-corrected chi connectivity index (χ0v) is 12.8. The third-order valence-corrected chi connectivity index (χ3v) is 4.77. The van der Waals surface area contributed by atoms with Gasteiger partial charge in [-0.05, 0) is 44.2 Å². The van der Waals surface area contributed by atoms with Gasteiger partial charge in [0, 0.05) is 26.2 Å². The topological polar surface area (TPSA) is 23.6 Å². The lowest BCUT2D eigenvalue weighted by atomic mass is 9.95. The summed E-state index contributed by atoms with van der Waals surface area (Å²) in [4.78, 5) is 17.2. The lowest BCUT2D eigenvalue weighted by Crippen LogP contribution is -2.46. The van der Waals surface area contributed by atoms with Crippen LogP contribution < -0.4 is 0 Å². The minimum absolute atomic E-state index is 0.223. The minimum atomic E-state index is 0.223. The van der Waals surface area contributed by atoms with Crippen LogP contribution in [0.2, 0.25) is 0 Å². The summed E-state index contributed by atoms with van der Waals surface area (Å²) in [6, 6.07) is 10.6. The van der Waals surface area contributed by atoms with E-state index in [0.29, 0.717) is 5.91 Å². The van der Waals surface area contributed by atoms with E-state index in [0.717, 1.165) is 45.6 Å².